The lowest BCUT2D eigenvalue weighted by atomic mass is 10.2. The molecule has 2 aromatic heterocycles. The van der Waals surface area contributed by atoms with E-state index in [1.165, 1.54) is 16.9 Å². The molecule has 0 fully saturated rings. The Morgan fingerprint density at radius 3 is 2.93 bits per heavy atom. The number of halogens is 1. The first kappa shape index (κ1) is 9.85. The standard InChI is InChI=1S/C9H6BrN3O2/c10-7-5-11-8(4-6(7)9(14)15)13-3-1-2-12-13/h1-5H,(H,14,15). The molecule has 76 valence electrons. The maximum absolute atomic E-state index is 10.9. The van der Waals surface area contributed by atoms with Crippen molar-refractivity contribution in [3.8, 4) is 5.82 Å². The van der Waals surface area contributed by atoms with Crippen LogP contribution >= 0.6 is 15.9 Å². The molecule has 0 atom stereocenters. The van der Waals surface area contributed by atoms with Crippen molar-refractivity contribution in [2.45, 2.75) is 0 Å². The third-order valence-corrected chi connectivity index (χ3v) is 2.44. The lowest BCUT2D eigenvalue weighted by Gasteiger charge is -2.03. The molecule has 0 aliphatic rings. The van der Waals surface area contributed by atoms with Gasteiger partial charge in [0.2, 0.25) is 0 Å². The number of aromatic nitrogens is 3. The Morgan fingerprint density at radius 2 is 2.33 bits per heavy atom. The molecule has 0 bridgehead atoms. The second-order valence-electron chi connectivity index (χ2n) is 2.78. The van der Waals surface area contributed by atoms with Gasteiger partial charge in [-0.2, -0.15) is 5.10 Å². The van der Waals surface area contributed by atoms with E-state index in [0.29, 0.717) is 10.3 Å². The van der Waals surface area contributed by atoms with Gasteiger partial charge in [-0.3, -0.25) is 0 Å². The average Bonchev–Trinajstić information content (AvgIpc) is 2.71. The van der Waals surface area contributed by atoms with Gasteiger partial charge in [0, 0.05) is 18.6 Å². The van der Waals surface area contributed by atoms with Gasteiger partial charge in [0.1, 0.15) is 0 Å². The van der Waals surface area contributed by atoms with Crippen LogP contribution in [0.15, 0.2) is 35.2 Å². The van der Waals surface area contributed by atoms with E-state index in [2.05, 4.69) is 26.0 Å². The molecule has 6 heteroatoms. The number of nitrogens with zero attached hydrogens (tertiary/aromatic N) is 3. The Morgan fingerprint density at radius 1 is 1.53 bits per heavy atom. The highest BCUT2D eigenvalue weighted by molar-refractivity contribution is 9.10. The summed E-state index contributed by atoms with van der Waals surface area (Å²) in [5, 5.41) is 12.9. The summed E-state index contributed by atoms with van der Waals surface area (Å²) in [5.74, 6) is -0.529. The fourth-order valence-electron chi connectivity index (χ4n) is 1.12. The zero-order valence-electron chi connectivity index (χ0n) is 7.46. The molecule has 0 radical (unpaired) electrons. The second kappa shape index (κ2) is 3.82. The third-order valence-electron chi connectivity index (χ3n) is 1.81. The van der Waals surface area contributed by atoms with Gasteiger partial charge in [-0.25, -0.2) is 14.5 Å². The SMILES string of the molecule is O=C(O)c1cc(-n2cccn2)ncc1Br. The molecule has 1 N–H and O–H groups in total. The summed E-state index contributed by atoms with van der Waals surface area (Å²) in [4.78, 5) is 14.9. The van der Waals surface area contributed by atoms with E-state index in [4.69, 9.17) is 5.11 Å². The molecule has 0 spiro atoms. The number of carboxylic acid groups (broad SMARTS) is 1. The zero-order valence-corrected chi connectivity index (χ0v) is 9.05. The third kappa shape index (κ3) is 1.89. The van der Waals surface area contributed by atoms with Crippen LogP contribution in [0.3, 0.4) is 0 Å². The van der Waals surface area contributed by atoms with Crippen LogP contribution in [0.25, 0.3) is 5.82 Å². The van der Waals surface area contributed by atoms with E-state index in [1.54, 1.807) is 18.5 Å². The van der Waals surface area contributed by atoms with Crippen LogP contribution in [-0.2, 0) is 0 Å². The summed E-state index contributed by atoms with van der Waals surface area (Å²) in [6.07, 6.45) is 4.74. The van der Waals surface area contributed by atoms with Gasteiger partial charge in [-0.1, -0.05) is 0 Å². The number of pyridine rings is 1. The molecule has 2 rings (SSSR count). The van der Waals surface area contributed by atoms with Crippen LogP contribution in [-0.4, -0.2) is 25.8 Å². The normalized spacial score (nSPS) is 10.2. The van der Waals surface area contributed by atoms with Gasteiger partial charge in [0.25, 0.3) is 0 Å². The lowest BCUT2D eigenvalue weighted by Crippen LogP contribution is -2.03. The first-order valence-electron chi connectivity index (χ1n) is 4.07. The Balaban J connectivity index is 2.52. The van der Waals surface area contributed by atoms with E-state index in [1.807, 2.05) is 0 Å². The molecule has 0 aliphatic heterocycles. The molecular weight excluding hydrogens is 262 g/mol. The van der Waals surface area contributed by atoms with Gasteiger partial charge >= 0.3 is 5.97 Å². The summed E-state index contributed by atoms with van der Waals surface area (Å²) in [7, 11) is 0. The largest absolute Gasteiger partial charge is 0.478 e. The Kier molecular flexibility index (Phi) is 2.51. The van der Waals surface area contributed by atoms with Crippen molar-refractivity contribution in [2.24, 2.45) is 0 Å². The molecule has 0 saturated heterocycles. The van der Waals surface area contributed by atoms with E-state index < -0.39 is 5.97 Å². The Hall–Kier alpha value is -1.69. The smallest absolute Gasteiger partial charge is 0.337 e. The van der Waals surface area contributed by atoms with Gasteiger partial charge < -0.3 is 5.11 Å². The number of rotatable bonds is 2. The summed E-state index contributed by atoms with van der Waals surface area (Å²) >= 11 is 3.12. The minimum atomic E-state index is -1.00. The summed E-state index contributed by atoms with van der Waals surface area (Å²) in [6, 6.07) is 3.20. The van der Waals surface area contributed by atoms with E-state index in [-0.39, 0.29) is 5.56 Å². The zero-order chi connectivity index (χ0) is 10.8. The van der Waals surface area contributed by atoms with Crippen molar-refractivity contribution in [1.82, 2.24) is 14.8 Å². The second-order valence-corrected chi connectivity index (χ2v) is 3.63. The van der Waals surface area contributed by atoms with Crippen molar-refractivity contribution in [3.05, 3.63) is 40.8 Å². The first-order chi connectivity index (χ1) is 7.18. The van der Waals surface area contributed by atoms with Crippen molar-refractivity contribution < 1.29 is 9.90 Å². The van der Waals surface area contributed by atoms with Crippen molar-refractivity contribution in [3.63, 3.8) is 0 Å². The van der Waals surface area contributed by atoms with Crippen molar-refractivity contribution in [2.75, 3.05) is 0 Å². The summed E-state index contributed by atoms with van der Waals surface area (Å²) in [5.41, 5.74) is 0.163. The van der Waals surface area contributed by atoms with Crippen LogP contribution in [0.5, 0.6) is 0 Å². The van der Waals surface area contributed by atoms with E-state index in [9.17, 15) is 4.79 Å². The minimum absolute atomic E-state index is 0.163. The maximum atomic E-state index is 10.9. The van der Waals surface area contributed by atoms with E-state index in [0.717, 1.165) is 0 Å². The van der Waals surface area contributed by atoms with Gasteiger partial charge in [0.05, 0.1) is 10.0 Å². The number of aromatic carboxylic acids is 1. The van der Waals surface area contributed by atoms with Crippen LogP contribution < -0.4 is 0 Å². The molecule has 2 heterocycles. The summed E-state index contributed by atoms with van der Waals surface area (Å²) < 4.78 is 1.95. The number of carboxylic acids is 1. The molecule has 0 aromatic carbocycles. The van der Waals surface area contributed by atoms with Gasteiger partial charge in [-0.15, -0.1) is 0 Å². The average molecular weight is 268 g/mol. The number of hydrogen-bond acceptors (Lipinski definition) is 3. The monoisotopic (exact) mass is 267 g/mol. The maximum Gasteiger partial charge on any atom is 0.337 e. The van der Waals surface area contributed by atoms with E-state index >= 15 is 0 Å². The highest BCUT2D eigenvalue weighted by atomic mass is 79.9. The molecule has 0 saturated carbocycles. The topological polar surface area (TPSA) is 68.0 Å². The molecule has 0 aliphatic carbocycles. The highest BCUT2D eigenvalue weighted by Crippen LogP contribution is 2.17. The van der Waals surface area contributed by atoms with Crippen LogP contribution in [0.4, 0.5) is 0 Å². The van der Waals surface area contributed by atoms with Gasteiger partial charge in [-0.05, 0) is 28.1 Å². The number of hydrogen-bond donors (Lipinski definition) is 1. The number of carbonyl (C=O) groups is 1. The molecule has 0 unspecified atom stereocenters. The molecule has 2 aromatic rings. The van der Waals surface area contributed by atoms with Crippen molar-refractivity contribution >= 4 is 21.9 Å². The first-order valence-corrected chi connectivity index (χ1v) is 4.86. The Labute approximate surface area is 93.5 Å². The van der Waals surface area contributed by atoms with Crippen LogP contribution in [0.2, 0.25) is 0 Å². The predicted molar refractivity (Wildman–Crippen MR) is 56.0 cm³/mol. The molecule has 5 nitrogen and oxygen atoms in total. The molecule has 15 heavy (non-hydrogen) atoms. The fourth-order valence-corrected chi connectivity index (χ4v) is 1.51. The molecular formula is C9H6BrN3O2. The summed E-state index contributed by atoms with van der Waals surface area (Å²) in [6.45, 7) is 0. The highest BCUT2D eigenvalue weighted by Gasteiger charge is 2.10. The van der Waals surface area contributed by atoms with Crippen LogP contribution in [0, 0.1) is 0 Å². The minimum Gasteiger partial charge on any atom is -0.478 e. The predicted octanol–water partition coefficient (Wildman–Crippen LogP) is 1.73. The van der Waals surface area contributed by atoms with Crippen molar-refractivity contribution in [1.29, 1.82) is 0 Å². The lowest BCUT2D eigenvalue weighted by molar-refractivity contribution is 0.0695. The Bertz CT molecular complexity index is 496. The fraction of sp³-hybridized carbons (Fsp3) is 0. The molecule has 0 amide bonds. The van der Waals surface area contributed by atoms with Crippen LogP contribution in [0.1, 0.15) is 10.4 Å². The quantitative estimate of drug-likeness (QED) is 0.900. The van der Waals surface area contributed by atoms with Gasteiger partial charge in [0.15, 0.2) is 5.82 Å².